The summed E-state index contributed by atoms with van der Waals surface area (Å²) in [5.41, 5.74) is 11.1. The molecule has 1 atom stereocenters. The van der Waals surface area contributed by atoms with Crippen molar-refractivity contribution in [1.82, 2.24) is 0 Å². The predicted molar refractivity (Wildman–Crippen MR) is 44.1 cm³/mol. The highest BCUT2D eigenvalue weighted by molar-refractivity contribution is 5.92. The van der Waals surface area contributed by atoms with Gasteiger partial charge in [0, 0.05) is 5.56 Å². The number of benzene rings is 1. The fourth-order valence-electron chi connectivity index (χ4n) is 0.845. The van der Waals surface area contributed by atoms with Gasteiger partial charge in [0.25, 0.3) is 0 Å². The Labute approximate surface area is 69.8 Å². The summed E-state index contributed by atoms with van der Waals surface area (Å²) in [4.78, 5) is 10.6. The summed E-state index contributed by atoms with van der Waals surface area (Å²) in [6, 6.07) is 6.16. The molecular formula is C8H10N2O2. The number of carbonyl (C=O) groups is 1. The molecule has 0 heterocycles. The second kappa shape index (κ2) is 3.34. The van der Waals surface area contributed by atoms with Crippen LogP contribution in [0.25, 0.3) is 0 Å². The number of primary amides is 1. The van der Waals surface area contributed by atoms with Gasteiger partial charge in [0.05, 0.1) is 0 Å². The molecule has 64 valence electrons. The van der Waals surface area contributed by atoms with Crippen molar-refractivity contribution in [1.29, 1.82) is 0 Å². The SMILES string of the molecule is NC(=O)c1ccc(C(N)O)cc1. The second-order valence-electron chi connectivity index (χ2n) is 2.43. The first-order valence-electron chi connectivity index (χ1n) is 3.44. The first kappa shape index (κ1) is 8.70. The van der Waals surface area contributed by atoms with Crippen molar-refractivity contribution in [2.45, 2.75) is 6.23 Å². The number of rotatable bonds is 2. The van der Waals surface area contributed by atoms with E-state index in [2.05, 4.69) is 0 Å². The van der Waals surface area contributed by atoms with E-state index in [1.54, 1.807) is 12.1 Å². The summed E-state index contributed by atoms with van der Waals surface area (Å²) in [6.07, 6.45) is -1.01. The van der Waals surface area contributed by atoms with Gasteiger partial charge in [-0.3, -0.25) is 4.79 Å². The van der Waals surface area contributed by atoms with Gasteiger partial charge in [0.15, 0.2) is 0 Å². The molecule has 4 heteroatoms. The number of aliphatic hydroxyl groups is 1. The lowest BCUT2D eigenvalue weighted by Gasteiger charge is -2.03. The molecule has 4 nitrogen and oxygen atoms in total. The molecule has 5 N–H and O–H groups in total. The zero-order valence-corrected chi connectivity index (χ0v) is 6.40. The molecule has 0 aliphatic rings. The zero-order chi connectivity index (χ0) is 9.14. The van der Waals surface area contributed by atoms with E-state index in [9.17, 15) is 4.79 Å². The second-order valence-corrected chi connectivity index (χ2v) is 2.43. The highest BCUT2D eigenvalue weighted by Crippen LogP contribution is 2.08. The van der Waals surface area contributed by atoms with Crippen molar-refractivity contribution in [2.24, 2.45) is 11.5 Å². The van der Waals surface area contributed by atoms with E-state index in [0.717, 1.165) is 0 Å². The average molecular weight is 166 g/mol. The fraction of sp³-hybridized carbons (Fsp3) is 0.125. The number of nitrogens with two attached hydrogens (primary N) is 2. The van der Waals surface area contributed by atoms with E-state index >= 15 is 0 Å². The van der Waals surface area contributed by atoms with Gasteiger partial charge in [-0.2, -0.15) is 0 Å². The monoisotopic (exact) mass is 166 g/mol. The Kier molecular flexibility index (Phi) is 2.42. The maximum Gasteiger partial charge on any atom is 0.248 e. The molecule has 1 aromatic rings. The Morgan fingerprint density at radius 3 is 2.17 bits per heavy atom. The molecule has 0 radical (unpaired) electrons. The lowest BCUT2D eigenvalue weighted by Crippen LogP contribution is -2.12. The summed E-state index contributed by atoms with van der Waals surface area (Å²) in [5.74, 6) is -0.493. The molecule has 1 amide bonds. The Bertz CT molecular complexity index is 280. The zero-order valence-electron chi connectivity index (χ0n) is 6.40. The first-order valence-corrected chi connectivity index (χ1v) is 3.44. The standard InChI is InChI=1S/C8H10N2O2/c9-7(11)5-1-2-6(4-3-5)8(10)12/h1-4,7,11H,9H2,(H2,10,12). The van der Waals surface area contributed by atoms with E-state index in [1.807, 2.05) is 0 Å². The van der Waals surface area contributed by atoms with Crippen LogP contribution in [0.2, 0.25) is 0 Å². The normalized spacial score (nSPS) is 12.5. The van der Waals surface area contributed by atoms with Crippen LogP contribution >= 0.6 is 0 Å². The molecule has 0 aliphatic heterocycles. The summed E-state index contributed by atoms with van der Waals surface area (Å²) in [7, 11) is 0. The molecule has 0 bridgehead atoms. The van der Waals surface area contributed by atoms with Gasteiger partial charge in [0.2, 0.25) is 5.91 Å². The minimum atomic E-state index is -1.01. The third-order valence-corrected chi connectivity index (χ3v) is 1.54. The molecule has 0 saturated carbocycles. The lowest BCUT2D eigenvalue weighted by atomic mass is 10.1. The van der Waals surface area contributed by atoms with Crippen LogP contribution in [0, 0.1) is 0 Å². The van der Waals surface area contributed by atoms with Crippen molar-refractivity contribution >= 4 is 5.91 Å². The van der Waals surface area contributed by atoms with Crippen molar-refractivity contribution in [3.05, 3.63) is 35.4 Å². The summed E-state index contributed by atoms with van der Waals surface area (Å²) in [6.45, 7) is 0. The largest absolute Gasteiger partial charge is 0.375 e. The quantitative estimate of drug-likeness (QED) is 0.528. The third kappa shape index (κ3) is 1.81. The van der Waals surface area contributed by atoms with Gasteiger partial charge in [-0.1, -0.05) is 12.1 Å². The molecule has 12 heavy (non-hydrogen) atoms. The summed E-state index contributed by atoms with van der Waals surface area (Å²) in [5, 5.41) is 8.91. The van der Waals surface area contributed by atoms with E-state index in [4.69, 9.17) is 16.6 Å². The van der Waals surface area contributed by atoms with Crippen molar-refractivity contribution in [2.75, 3.05) is 0 Å². The third-order valence-electron chi connectivity index (χ3n) is 1.54. The number of carbonyl (C=O) groups excluding carboxylic acids is 1. The maximum absolute atomic E-state index is 10.6. The smallest absolute Gasteiger partial charge is 0.248 e. The molecule has 0 spiro atoms. The maximum atomic E-state index is 10.6. The van der Waals surface area contributed by atoms with Crippen LogP contribution in [0.3, 0.4) is 0 Å². The molecule has 0 aromatic heterocycles. The molecule has 1 aromatic carbocycles. The molecule has 1 rings (SSSR count). The number of aliphatic hydroxyl groups excluding tert-OH is 1. The Balaban J connectivity index is 2.93. The van der Waals surface area contributed by atoms with Crippen LogP contribution in [-0.2, 0) is 0 Å². The van der Waals surface area contributed by atoms with Crippen LogP contribution in [0.4, 0.5) is 0 Å². The van der Waals surface area contributed by atoms with Crippen LogP contribution in [0.15, 0.2) is 24.3 Å². The number of hydrogen-bond donors (Lipinski definition) is 3. The Morgan fingerprint density at radius 2 is 1.83 bits per heavy atom. The summed E-state index contributed by atoms with van der Waals surface area (Å²) < 4.78 is 0. The molecule has 0 fully saturated rings. The molecule has 0 saturated heterocycles. The fourth-order valence-corrected chi connectivity index (χ4v) is 0.845. The van der Waals surface area contributed by atoms with Crippen LogP contribution < -0.4 is 11.5 Å². The first-order chi connectivity index (χ1) is 5.61. The van der Waals surface area contributed by atoms with Gasteiger partial charge >= 0.3 is 0 Å². The van der Waals surface area contributed by atoms with E-state index in [-0.39, 0.29) is 0 Å². The van der Waals surface area contributed by atoms with E-state index < -0.39 is 12.1 Å². The van der Waals surface area contributed by atoms with Gasteiger partial charge in [-0.15, -0.1) is 0 Å². The lowest BCUT2D eigenvalue weighted by molar-refractivity contribution is 0.1000. The van der Waals surface area contributed by atoms with Crippen LogP contribution in [0.5, 0.6) is 0 Å². The number of amides is 1. The van der Waals surface area contributed by atoms with Gasteiger partial charge in [-0.05, 0) is 17.7 Å². The average Bonchev–Trinajstić information content (AvgIpc) is 2.04. The van der Waals surface area contributed by atoms with Gasteiger partial charge in [0.1, 0.15) is 6.23 Å². The van der Waals surface area contributed by atoms with Gasteiger partial charge in [-0.25, -0.2) is 0 Å². The Morgan fingerprint density at radius 1 is 1.33 bits per heavy atom. The van der Waals surface area contributed by atoms with E-state index in [0.29, 0.717) is 11.1 Å². The highest BCUT2D eigenvalue weighted by atomic mass is 16.3. The highest BCUT2D eigenvalue weighted by Gasteiger charge is 2.02. The van der Waals surface area contributed by atoms with Gasteiger partial charge < -0.3 is 16.6 Å². The van der Waals surface area contributed by atoms with Crippen LogP contribution in [-0.4, -0.2) is 11.0 Å². The van der Waals surface area contributed by atoms with Crippen molar-refractivity contribution < 1.29 is 9.90 Å². The molecule has 1 unspecified atom stereocenters. The minimum absolute atomic E-state index is 0.402. The number of hydrogen-bond acceptors (Lipinski definition) is 3. The topological polar surface area (TPSA) is 89.3 Å². The Hall–Kier alpha value is -1.39. The van der Waals surface area contributed by atoms with Crippen LogP contribution in [0.1, 0.15) is 22.1 Å². The minimum Gasteiger partial charge on any atom is -0.375 e. The van der Waals surface area contributed by atoms with E-state index in [1.165, 1.54) is 12.1 Å². The van der Waals surface area contributed by atoms with Crippen molar-refractivity contribution in [3.63, 3.8) is 0 Å². The van der Waals surface area contributed by atoms with Crippen molar-refractivity contribution in [3.8, 4) is 0 Å². The molecule has 0 aliphatic carbocycles. The summed E-state index contributed by atoms with van der Waals surface area (Å²) >= 11 is 0. The molecular weight excluding hydrogens is 156 g/mol. The predicted octanol–water partition coefficient (Wildman–Crippen LogP) is -0.265.